The molecular weight excluding hydrogens is 454 g/mol. The fraction of sp³-hybridized carbons (Fsp3) is 0.483. The van der Waals surface area contributed by atoms with Crippen LogP contribution in [0.15, 0.2) is 42.5 Å². The summed E-state index contributed by atoms with van der Waals surface area (Å²) in [4.78, 5) is 43.6. The van der Waals surface area contributed by atoms with Gasteiger partial charge in [-0.2, -0.15) is 0 Å². The maximum atomic E-state index is 13.8. The standard InChI is InChI=1S/C29H37N3O4/c1-19(2)23-13-10-14-24(20(3)4)26(23)30-25(33)18-31-27(34)29(15-7-6-8-16-29)32(28(31)35)21-11-9-12-22(17-21)36-5/h9-14,17,19-20H,6-8,15-16,18H2,1-5H3,(H,30,33). The van der Waals surface area contributed by atoms with Crippen molar-refractivity contribution in [2.75, 3.05) is 23.9 Å². The lowest BCUT2D eigenvalue weighted by molar-refractivity contribution is -0.134. The summed E-state index contributed by atoms with van der Waals surface area (Å²) in [7, 11) is 1.57. The van der Waals surface area contributed by atoms with Gasteiger partial charge in [-0.25, -0.2) is 4.79 Å². The van der Waals surface area contributed by atoms with Crippen LogP contribution in [0.5, 0.6) is 5.75 Å². The number of hydrogen-bond donors (Lipinski definition) is 1. The lowest BCUT2D eigenvalue weighted by Crippen LogP contribution is -2.51. The first-order chi connectivity index (χ1) is 17.2. The second kappa shape index (κ2) is 10.3. The van der Waals surface area contributed by atoms with Crippen LogP contribution in [0, 0.1) is 0 Å². The highest BCUT2D eigenvalue weighted by Gasteiger charge is 2.58. The van der Waals surface area contributed by atoms with E-state index in [0.29, 0.717) is 24.3 Å². The Bertz CT molecular complexity index is 1120. The number of nitrogens with one attached hydrogen (secondary N) is 1. The van der Waals surface area contributed by atoms with E-state index in [1.54, 1.807) is 18.1 Å². The highest BCUT2D eigenvalue weighted by Crippen LogP contribution is 2.44. The molecule has 0 bridgehead atoms. The predicted molar refractivity (Wildman–Crippen MR) is 142 cm³/mol. The highest BCUT2D eigenvalue weighted by molar-refractivity contribution is 6.18. The van der Waals surface area contributed by atoms with Gasteiger partial charge in [0.2, 0.25) is 5.91 Å². The van der Waals surface area contributed by atoms with Crippen LogP contribution in [-0.4, -0.2) is 41.9 Å². The molecule has 0 aromatic heterocycles. The number of carbonyl (C=O) groups excluding carboxylic acids is 3. The molecule has 192 valence electrons. The van der Waals surface area contributed by atoms with E-state index < -0.39 is 11.6 Å². The minimum atomic E-state index is -0.957. The van der Waals surface area contributed by atoms with Gasteiger partial charge in [0.05, 0.1) is 12.8 Å². The lowest BCUT2D eigenvalue weighted by atomic mass is 9.80. The third kappa shape index (κ3) is 4.59. The van der Waals surface area contributed by atoms with Crippen molar-refractivity contribution in [1.29, 1.82) is 0 Å². The first kappa shape index (κ1) is 25.7. The molecule has 7 nitrogen and oxygen atoms in total. The number of carbonyl (C=O) groups is 3. The normalized spacial score (nSPS) is 17.4. The van der Waals surface area contributed by atoms with Crippen LogP contribution in [0.1, 0.15) is 82.8 Å². The number of rotatable bonds is 7. The fourth-order valence-corrected chi connectivity index (χ4v) is 5.58. The first-order valence-corrected chi connectivity index (χ1v) is 12.9. The van der Waals surface area contributed by atoms with Crippen molar-refractivity contribution >= 4 is 29.2 Å². The van der Waals surface area contributed by atoms with Gasteiger partial charge in [0.1, 0.15) is 17.8 Å². The van der Waals surface area contributed by atoms with E-state index in [2.05, 4.69) is 33.0 Å². The highest BCUT2D eigenvalue weighted by atomic mass is 16.5. The van der Waals surface area contributed by atoms with Crippen molar-refractivity contribution in [1.82, 2.24) is 4.90 Å². The molecule has 4 rings (SSSR count). The molecular formula is C29H37N3O4. The molecule has 1 heterocycles. The van der Waals surface area contributed by atoms with Crippen LogP contribution in [0.2, 0.25) is 0 Å². The maximum absolute atomic E-state index is 13.8. The summed E-state index contributed by atoms with van der Waals surface area (Å²) in [5.41, 5.74) is 2.51. The van der Waals surface area contributed by atoms with Crippen molar-refractivity contribution in [3.8, 4) is 5.75 Å². The van der Waals surface area contributed by atoms with Crippen molar-refractivity contribution in [3.05, 3.63) is 53.6 Å². The number of urea groups is 1. The van der Waals surface area contributed by atoms with E-state index in [9.17, 15) is 14.4 Å². The first-order valence-electron chi connectivity index (χ1n) is 12.9. The fourth-order valence-electron chi connectivity index (χ4n) is 5.58. The number of anilines is 2. The molecule has 1 saturated heterocycles. The van der Waals surface area contributed by atoms with Gasteiger partial charge in [0.25, 0.3) is 5.91 Å². The van der Waals surface area contributed by atoms with E-state index in [1.165, 1.54) is 0 Å². The lowest BCUT2D eigenvalue weighted by Gasteiger charge is -2.38. The molecule has 2 aromatic carbocycles. The Morgan fingerprint density at radius 3 is 2.17 bits per heavy atom. The second-order valence-electron chi connectivity index (χ2n) is 10.5. The molecule has 0 atom stereocenters. The molecule has 2 aromatic rings. The molecule has 1 aliphatic carbocycles. The average molecular weight is 492 g/mol. The molecule has 4 amide bonds. The van der Waals surface area contributed by atoms with Crippen LogP contribution in [0.3, 0.4) is 0 Å². The number of methoxy groups -OCH3 is 1. The summed E-state index contributed by atoms with van der Waals surface area (Å²) in [6.07, 6.45) is 3.92. The number of ether oxygens (including phenoxy) is 1. The molecule has 1 aliphatic heterocycles. The quantitative estimate of drug-likeness (QED) is 0.478. The Hall–Kier alpha value is -3.35. The van der Waals surface area contributed by atoms with Crippen LogP contribution in [-0.2, 0) is 9.59 Å². The third-order valence-corrected chi connectivity index (χ3v) is 7.42. The van der Waals surface area contributed by atoms with E-state index in [1.807, 2.05) is 36.4 Å². The van der Waals surface area contributed by atoms with Gasteiger partial charge in [-0.05, 0) is 47.9 Å². The van der Waals surface area contributed by atoms with E-state index in [4.69, 9.17) is 4.74 Å². The van der Waals surface area contributed by atoms with Gasteiger partial charge in [-0.15, -0.1) is 0 Å². The van der Waals surface area contributed by atoms with Gasteiger partial charge < -0.3 is 10.1 Å². The van der Waals surface area contributed by atoms with Crippen molar-refractivity contribution < 1.29 is 19.1 Å². The summed E-state index contributed by atoms with van der Waals surface area (Å²) >= 11 is 0. The number of para-hydroxylation sites is 1. The number of hydrogen-bond acceptors (Lipinski definition) is 4. The third-order valence-electron chi connectivity index (χ3n) is 7.42. The summed E-state index contributed by atoms with van der Waals surface area (Å²) in [6, 6.07) is 12.8. The van der Waals surface area contributed by atoms with Gasteiger partial charge in [0, 0.05) is 11.8 Å². The second-order valence-corrected chi connectivity index (χ2v) is 10.5. The van der Waals surface area contributed by atoms with E-state index in [0.717, 1.165) is 41.0 Å². The number of nitrogens with zero attached hydrogens (tertiary/aromatic N) is 2. The Morgan fingerprint density at radius 2 is 1.58 bits per heavy atom. The minimum Gasteiger partial charge on any atom is -0.497 e. The molecule has 2 fully saturated rings. The van der Waals surface area contributed by atoms with Gasteiger partial charge in [0.15, 0.2) is 0 Å². The van der Waals surface area contributed by atoms with E-state index in [-0.39, 0.29) is 30.2 Å². The topological polar surface area (TPSA) is 79.0 Å². The van der Waals surface area contributed by atoms with Crippen LogP contribution < -0.4 is 15.0 Å². The van der Waals surface area contributed by atoms with Crippen LogP contribution >= 0.6 is 0 Å². The van der Waals surface area contributed by atoms with Crippen LogP contribution in [0.4, 0.5) is 16.2 Å². The zero-order valence-electron chi connectivity index (χ0n) is 22.0. The number of amides is 4. The van der Waals surface area contributed by atoms with E-state index >= 15 is 0 Å². The average Bonchev–Trinajstić information content (AvgIpc) is 3.05. The number of imide groups is 1. The summed E-state index contributed by atoms with van der Waals surface area (Å²) < 4.78 is 5.37. The van der Waals surface area contributed by atoms with Crippen molar-refractivity contribution in [3.63, 3.8) is 0 Å². The SMILES string of the molecule is COc1cccc(N2C(=O)N(CC(=O)Nc3c(C(C)C)cccc3C(C)C)C(=O)C23CCCCC3)c1. The molecule has 36 heavy (non-hydrogen) atoms. The Morgan fingerprint density at radius 1 is 0.972 bits per heavy atom. The molecule has 2 aliphatic rings. The molecule has 1 N–H and O–H groups in total. The zero-order valence-corrected chi connectivity index (χ0v) is 22.0. The van der Waals surface area contributed by atoms with Crippen molar-refractivity contribution in [2.24, 2.45) is 0 Å². The van der Waals surface area contributed by atoms with Crippen LogP contribution in [0.25, 0.3) is 0 Å². The summed E-state index contributed by atoms with van der Waals surface area (Å²) in [5.74, 6) is 0.379. The Kier molecular flexibility index (Phi) is 7.38. The maximum Gasteiger partial charge on any atom is 0.332 e. The largest absolute Gasteiger partial charge is 0.497 e. The smallest absolute Gasteiger partial charge is 0.332 e. The molecule has 0 radical (unpaired) electrons. The Balaban J connectivity index is 1.65. The monoisotopic (exact) mass is 491 g/mol. The predicted octanol–water partition coefficient (Wildman–Crippen LogP) is 6.05. The van der Waals surface area contributed by atoms with Gasteiger partial charge in [-0.1, -0.05) is 71.2 Å². The summed E-state index contributed by atoms with van der Waals surface area (Å²) in [6.45, 7) is 8.02. The van der Waals surface area contributed by atoms with Gasteiger partial charge >= 0.3 is 6.03 Å². The molecule has 7 heteroatoms. The van der Waals surface area contributed by atoms with Crippen molar-refractivity contribution in [2.45, 2.75) is 77.2 Å². The van der Waals surface area contributed by atoms with Gasteiger partial charge in [-0.3, -0.25) is 19.4 Å². The molecule has 0 unspecified atom stereocenters. The summed E-state index contributed by atoms with van der Waals surface area (Å²) in [5, 5.41) is 3.05. The molecule has 1 saturated carbocycles. The minimum absolute atomic E-state index is 0.211. The number of benzene rings is 2. The Labute approximate surface area is 213 Å². The zero-order chi connectivity index (χ0) is 26.0. The molecule has 1 spiro atoms.